The molecule has 0 spiro atoms. The number of methoxy groups -OCH3 is 1. The van der Waals surface area contributed by atoms with Crippen LogP contribution in [0.3, 0.4) is 0 Å². The van der Waals surface area contributed by atoms with Crippen molar-refractivity contribution in [3.05, 3.63) is 24.0 Å². The third kappa shape index (κ3) is 4.25. The Morgan fingerprint density at radius 3 is 2.72 bits per heavy atom. The minimum atomic E-state index is -3.82. The van der Waals surface area contributed by atoms with Crippen LogP contribution < -0.4 is 10.5 Å². The predicted molar refractivity (Wildman–Crippen MR) is 67.1 cm³/mol. The normalized spacial score (nSPS) is 11.7. The van der Waals surface area contributed by atoms with Gasteiger partial charge in [-0.15, -0.1) is 0 Å². The van der Waals surface area contributed by atoms with Crippen LogP contribution in [-0.4, -0.2) is 28.7 Å². The molecular weight excluding hydrogens is 259 g/mol. The summed E-state index contributed by atoms with van der Waals surface area (Å²) in [5.74, 6) is -0.848. The Morgan fingerprint density at radius 2 is 2.11 bits per heavy atom. The summed E-state index contributed by atoms with van der Waals surface area (Å²) in [5.41, 5.74) is 5.54. The molecule has 0 bridgehead atoms. The Bertz CT molecular complexity index is 491. The average molecular weight is 276 g/mol. The van der Waals surface area contributed by atoms with E-state index in [9.17, 15) is 12.8 Å². The Morgan fingerprint density at radius 1 is 1.39 bits per heavy atom. The molecule has 0 unspecified atom stereocenters. The van der Waals surface area contributed by atoms with Gasteiger partial charge in [-0.3, -0.25) is 0 Å². The van der Waals surface area contributed by atoms with Gasteiger partial charge in [0.05, 0.1) is 0 Å². The number of nitrogens with two attached hydrogens (primary N) is 1. The molecule has 18 heavy (non-hydrogen) atoms. The molecule has 0 aromatic heterocycles. The van der Waals surface area contributed by atoms with Gasteiger partial charge in [-0.1, -0.05) is 0 Å². The molecule has 5 nitrogen and oxygen atoms in total. The number of halogens is 1. The fourth-order valence-electron chi connectivity index (χ4n) is 1.39. The second-order valence-electron chi connectivity index (χ2n) is 3.79. The highest BCUT2D eigenvalue weighted by molar-refractivity contribution is 7.89. The largest absolute Gasteiger partial charge is 0.399 e. The van der Waals surface area contributed by atoms with E-state index in [2.05, 4.69) is 4.72 Å². The topological polar surface area (TPSA) is 81.4 Å². The number of nitrogen functional groups attached to an aromatic ring is 1. The fraction of sp³-hybridized carbons (Fsp3) is 0.455. The van der Waals surface area contributed by atoms with E-state index in [1.165, 1.54) is 6.07 Å². The van der Waals surface area contributed by atoms with E-state index in [1.807, 2.05) is 0 Å². The van der Waals surface area contributed by atoms with Crippen LogP contribution in [0.2, 0.25) is 0 Å². The van der Waals surface area contributed by atoms with E-state index in [0.717, 1.165) is 18.6 Å². The van der Waals surface area contributed by atoms with E-state index in [-0.39, 0.29) is 17.1 Å². The molecule has 3 N–H and O–H groups in total. The highest BCUT2D eigenvalue weighted by Crippen LogP contribution is 2.16. The third-order valence-electron chi connectivity index (χ3n) is 2.31. The minimum absolute atomic E-state index is 0.187. The van der Waals surface area contributed by atoms with Gasteiger partial charge in [0.2, 0.25) is 10.0 Å². The predicted octanol–water partition coefficient (Wildman–Crippen LogP) is 1.11. The molecule has 0 saturated carbocycles. The van der Waals surface area contributed by atoms with E-state index < -0.39 is 15.8 Å². The van der Waals surface area contributed by atoms with Crippen molar-refractivity contribution < 1.29 is 17.5 Å². The second kappa shape index (κ2) is 6.67. The molecule has 0 amide bonds. The molecule has 0 aliphatic heterocycles. The molecule has 0 radical (unpaired) electrons. The lowest BCUT2D eigenvalue weighted by atomic mass is 10.3. The standard InChI is InChI=1S/C11H17FN2O3S/c1-17-7-3-2-6-14-18(15,16)11-5-4-9(13)8-10(11)12/h4-5,8,14H,2-3,6-7,13H2,1H3. The summed E-state index contributed by atoms with van der Waals surface area (Å²) >= 11 is 0. The van der Waals surface area contributed by atoms with Gasteiger partial charge in [0.25, 0.3) is 0 Å². The maximum atomic E-state index is 13.5. The summed E-state index contributed by atoms with van der Waals surface area (Å²) in [7, 11) is -2.24. The van der Waals surface area contributed by atoms with Crippen LogP contribution in [0.1, 0.15) is 12.8 Å². The number of benzene rings is 1. The Hall–Kier alpha value is -1.18. The fourth-order valence-corrected chi connectivity index (χ4v) is 2.52. The van der Waals surface area contributed by atoms with Crippen LogP contribution in [0, 0.1) is 5.82 Å². The van der Waals surface area contributed by atoms with Crippen molar-refractivity contribution in [2.24, 2.45) is 0 Å². The molecule has 1 aromatic rings. The maximum Gasteiger partial charge on any atom is 0.243 e. The zero-order valence-corrected chi connectivity index (χ0v) is 11.0. The van der Waals surface area contributed by atoms with Crippen molar-refractivity contribution in [1.29, 1.82) is 0 Å². The highest BCUT2D eigenvalue weighted by Gasteiger charge is 2.18. The zero-order valence-electron chi connectivity index (χ0n) is 10.1. The molecule has 1 aromatic carbocycles. The first-order valence-corrected chi connectivity index (χ1v) is 6.99. The molecule has 0 saturated heterocycles. The van der Waals surface area contributed by atoms with Crippen LogP contribution in [0.4, 0.5) is 10.1 Å². The van der Waals surface area contributed by atoms with Gasteiger partial charge in [0.15, 0.2) is 0 Å². The van der Waals surface area contributed by atoms with Crippen molar-refractivity contribution in [3.8, 4) is 0 Å². The third-order valence-corrected chi connectivity index (χ3v) is 3.81. The number of unbranched alkanes of at least 4 members (excludes halogenated alkanes) is 1. The lowest BCUT2D eigenvalue weighted by Crippen LogP contribution is -2.25. The van der Waals surface area contributed by atoms with E-state index in [0.29, 0.717) is 13.0 Å². The van der Waals surface area contributed by atoms with Crippen molar-refractivity contribution >= 4 is 15.7 Å². The summed E-state index contributed by atoms with van der Waals surface area (Å²) in [6.07, 6.45) is 1.37. The van der Waals surface area contributed by atoms with Crippen molar-refractivity contribution in [3.63, 3.8) is 0 Å². The average Bonchev–Trinajstić information content (AvgIpc) is 2.28. The van der Waals surface area contributed by atoms with Crippen LogP contribution in [0.25, 0.3) is 0 Å². The maximum absolute atomic E-state index is 13.5. The summed E-state index contributed by atoms with van der Waals surface area (Å²) in [5, 5.41) is 0. The van der Waals surface area contributed by atoms with Crippen molar-refractivity contribution in [1.82, 2.24) is 4.72 Å². The Kier molecular flexibility index (Phi) is 5.52. The van der Waals surface area contributed by atoms with Gasteiger partial charge in [0, 0.05) is 25.9 Å². The van der Waals surface area contributed by atoms with Gasteiger partial charge in [0.1, 0.15) is 10.7 Å². The lowest BCUT2D eigenvalue weighted by molar-refractivity contribution is 0.193. The summed E-state index contributed by atoms with van der Waals surface area (Å²) in [6.45, 7) is 0.813. The van der Waals surface area contributed by atoms with E-state index in [1.54, 1.807) is 7.11 Å². The minimum Gasteiger partial charge on any atom is -0.399 e. The van der Waals surface area contributed by atoms with Gasteiger partial charge in [-0.05, 0) is 31.0 Å². The number of rotatable bonds is 7. The van der Waals surface area contributed by atoms with Crippen LogP contribution in [-0.2, 0) is 14.8 Å². The van der Waals surface area contributed by atoms with E-state index in [4.69, 9.17) is 10.5 Å². The van der Waals surface area contributed by atoms with Gasteiger partial charge in [-0.2, -0.15) is 0 Å². The first-order chi connectivity index (χ1) is 8.47. The number of ether oxygens (including phenoxy) is 1. The van der Waals surface area contributed by atoms with Crippen LogP contribution in [0.5, 0.6) is 0 Å². The van der Waals surface area contributed by atoms with Gasteiger partial charge < -0.3 is 10.5 Å². The molecule has 0 aliphatic carbocycles. The first kappa shape index (κ1) is 14.9. The van der Waals surface area contributed by atoms with Crippen molar-refractivity contribution in [2.75, 3.05) is 26.0 Å². The molecule has 7 heteroatoms. The zero-order chi connectivity index (χ0) is 13.6. The van der Waals surface area contributed by atoms with Gasteiger partial charge >= 0.3 is 0 Å². The summed E-state index contributed by atoms with van der Waals surface area (Å²) in [6, 6.07) is 3.49. The van der Waals surface area contributed by atoms with Crippen LogP contribution >= 0.6 is 0 Å². The summed E-state index contributed by atoms with van der Waals surface area (Å²) in [4.78, 5) is -0.386. The second-order valence-corrected chi connectivity index (χ2v) is 5.52. The highest BCUT2D eigenvalue weighted by atomic mass is 32.2. The Balaban J connectivity index is 2.63. The number of nitrogens with one attached hydrogen (secondary N) is 1. The van der Waals surface area contributed by atoms with Crippen molar-refractivity contribution in [2.45, 2.75) is 17.7 Å². The van der Waals surface area contributed by atoms with E-state index >= 15 is 0 Å². The molecule has 0 fully saturated rings. The molecular formula is C11H17FN2O3S. The molecule has 102 valence electrons. The van der Waals surface area contributed by atoms with Gasteiger partial charge in [-0.25, -0.2) is 17.5 Å². The number of hydrogen-bond acceptors (Lipinski definition) is 4. The summed E-state index contributed by atoms with van der Waals surface area (Å²) < 4.78 is 44.2. The molecule has 0 aliphatic rings. The smallest absolute Gasteiger partial charge is 0.243 e. The molecule has 0 heterocycles. The molecule has 1 rings (SSSR count). The molecule has 0 atom stereocenters. The first-order valence-electron chi connectivity index (χ1n) is 5.51. The number of hydrogen-bond donors (Lipinski definition) is 2. The monoisotopic (exact) mass is 276 g/mol. The lowest BCUT2D eigenvalue weighted by Gasteiger charge is -2.08. The Labute approximate surface area is 106 Å². The SMILES string of the molecule is COCCCCNS(=O)(=O)c1ccc(N)cc1F. The quantitative estimate of drug-likeness (QED) is 0.577. The number of anilines is 1. The number of sulfonamides is 1. The van der Waals surface area contributed by atoms with Crippen LogP contribution in [0.15, 0.2) is 23.1 Å².